The van der Waals surface area contributed by atoms with Gasteiger partial charge in [0.05, 0.1) is 25.8 Å². The van der Waals surface area contributed by atoms with Crippen LogP contribution in [0.5, 0.6) is 0 Å². The molecule has 8 nitrogen and oxygen atoms in total. The molecule has 37 heavy (non-hydrogen) atoms. The van der Waals surface area contributed by atoms with Gasteiger partial charge in [-0.1, -0.05) is 11.8 Å². The van der Waals surface area contributed by atoms with Crippen LogP contribution in [0.4, 0.5) is 11.6 Å². The molecule has 1 amide bonds. The Labute approximate surface area is 219 Å². The molecular weight excluding hydrogens is 464 g/mol. The number of aryl methyl sites for hydroxylation is 1. The third-order valence-corrected chi connectivity index (χ3v) is 7.85. The average Bonchev–Trinajstić information content (AvgIpc) is 3.12. The van der Waals surface area contributed by atoms with Crippen molar-refractivity contribution in [2.75, 3.05) is 62.8 Å². The summed E-state index contributed by atoms with van der Waals surface area (Å²) in [5.41, 5.74) is 2.79. The first-order valence-electron chi connectivity index (χ1n) is 12.9. The topological polar surface area (TPSA) is 65.0 Å². The molecule has 0 aliphatic carbocycles. The highest BCUT2D eigenvalue weighted by molar-refractivity contribution is 5.82. The van der Waals surface area contributed by atoms with Gasteiger partial charge in [-0.3, -0.25) is 9.69 Å². The number of pyridine rings is 2. The molecule has 2 unspecified atom stereocenters. The van der Waals surface area contributed by atoms with E-state index < -0.39 is 0 Å². The van der Waals surface area contributed by atoms with Crippen molar-refractivity contribution in [3.63, 3.8) is 0 Å². The van der Waals surface area contributed by atoms with Gasteiger partial charge < -0.3 is 19.4 Å². The van der Waals surface area contributed by atoms with E-state index in [4.69, 9.17) is 17.6 Å². The molecule has 4 fully saturated rings. The van der Waals surface area contributed by atoms with E-state index in [0.717, 1.165) is 67.7 Å². The van der Waals surface area contributed by atoms with Gasteiger partial charge in [-0.05, 0) is 43.5 Å². The van der Waals surface area contributed by atoms with Crippen molar-refractivity contribution < 1.29 is 9.53 Å². The fraction of sp³-hybridized carbons (Fsp3) is 0.483. The van der Waals surface area contributed by atoms with Crippen LogP contribution in [0.25, 0.3) is 0 Å². The number of terminal acetylenes is 2. The lowest BCUT2D eigenvalue weighted by Crippen LogP contribution is -2.62. The molecule has 0 saturated carbocycles. The van der Waals surface area contributed by atoms with Gasteiger partial charge in [-0.15, -0.1) is 12.8 Å². The van der Waals surface area contributed by atoms with E-state index in [2.05, 4.69) is 44.6 Å². The Morgan fingerprint density at radius 3 is 2.22 bits per heavy atom. The second-order valence-electron chi connectivity index (χ2n) is 10.2. The number of hydrogen-bond acceptors (Lipinski definition) is 7. The number of likely N-dealkylation sites (N-methyl/N-ethyl adjacent to an activating group) is 1. The minimum absolute atomic E-state index is 0.120. The van der Waals surface area contributed by atoms with Gasteiger partial charge in [0.2, 0.25) is 5.91 Å². The molecule has 0 spiro atoms. The lowest BCUT2D eigenvalue weighted by molar-refractivity contribution is -0.129. The number of piperazine rings is 2. The zero-order valence-electron chi connectivity index (χ0n) is 21.6. The number of aromatic nitrogens is 2. The van der Waals surface area contributed by atoms with E-state index in [1.807, 2.05) is 30.3 Å². The minimum Gasteiger partial charge on any atom is -0.378 e. The first kappa shape index (κ1) is 25.1. The fourth-order valence-electron chi connectivity index (χ4n) is 5.59. The summed E-state index contributed by atoms with van der Waals surface area (Å²) in [7, 11) is 1.81. The maximum absolute atomic E-state index is 11.5. The minimum atomic E-state index is 0.120. The highest BCUT2D eigenvalue weighted by atomic mass is 16.5. The van der Waals surface area contributed by atoms with E-state index >= 15 is 0 Å². The predicted molar refractivity (Wildman–Crippen MR) is 144 cm³/mol. The molecule has 6 heterocycles. The molecule has 0 radical (unpaired) electrons. The van der Waals surface area contributed by atoms with E-state index in [1.54, 1.807) is 11.1 Å². The number of fused-ring (bicyclic) bond motifs is 2. The number of nitrogens with zero attached hydrogens (tertiary/aromatic N) is 6. The zero-order valence-corrected chi connectivity index (χ0v) is 21.6. The lowest BCUT2D eigenvalue weighted by Gasteiger charge is -2.48. The first-order chi connectivity index (χ1) is 18.0. The Balaban J connectivity index is 0.000000158. The van der Waals surface area contributed by atoms with E-state index in [-0.39, 0.29) is 5.91 Å². The number of carbonyl (C=O) groups is 1. The number of ether oxygens (including phenoxy) is 1. The van der Waals surface area contributed by atoms with E-state index in [0.29, 0.717) is 24.7 Å². The molecule has 2 aromatic rings. The third kappa shape index (κ3) is 5.27. The van der Waals surface area contributed by atoms with Gasteiger partial charge in [0.25, 0.3) is 0 Å². The third-order valence-electron chi connectivity index (χ3n) is 7.85. The van der Waals surface area contributed by atoms with Gasteiger partial charge in [0, 0.05) is 68.8 Å². The molecule has 4 aliphatic rings. The van der Waals surface area contributed by atoms with E-state index in [9.17, 15) is 4.79 Å². The van der Waals surface area contributed by atoms with Crippen molar-refractivity contribution in [1.82, 2.24) is 19.8 Å². The standard InChI is InChI=1S/C17H21N3O.C12H13N3O/c1-3-13-7-18-17(6-12(13)2)19-8-14-4-5-15(9-19)20(14)16-10-21-11-16;1-3-10-4-5-11(13-8-10)15-7-6-14(2)12(16)9-15/h1,6-7,14-16H,4-5,8-11H2,2H3;1,4-5,8H,6-7,9H2,2H3. The average molecular weight is 499 g/mol. The van der Waals surface area contributed by atoms with Crippen LogP contribution in [0.3, 0.4) is 0 Å². The van der Waals surface area contributed by atoms with Crippen LogP contribution in [0, 0.1) is 31.6 Å². The molecule has 192 valence electrons. The molecular formula is C29H34N6O2. The summed E-state index contributed by atoms with van der Waals surface area (Å²) in [5, 5.41) is 0. The number of amides is 1. The summed E-state index contributed by atoms with van der Waals surface area (Å²) < 4.78 is 5.38. The largest absolute Gasteiger partial charge is 0.378 e. The second-order valence-corrected chi connectivity index (χ2v) is 10.2. The summed E-state index contributed by atoms with van der Waals surface area (Å²) >= 11 is 0. The van der Waals surface area contributed by atoms with Crippen LogP contribution in [-0.4, -0.2) is 96.8 Å². The Morgan fingerprint density at radius 1 is 0.946 bits per heavy atom. The van der Waals surface area contributed by atoms with Crippen LogP contribution in [0.2, 0.25) is 0 Å². The van der Waals surface area contributed by atoms with Crippen molar-refractivity contribution in [2.24, 2.45) is 0 Å². The highest BCUT2D eigenvalue weighted by Gasteiger charge is 2.45. The van der Waals surface area contributed by atoms with Crippen LogP contribution in [0.15, 0.2) is 30.6 Å². The molecule has 4 aliphatic heterocycles. The van der Waals surface area contributed by atoms with Crippen molar-refractivity contribution in [2.45, 2.75) is 37.9 Å². The van der Waals surface area contributed by atoms with Crippen LogP contribution >= 0.6 is 0 Å². The number of anilines is 2. The summed E-state index contributed by atoms with van der Waals surface area (Å²) in [6.07, 6.45) is 16.8. The Hall–Kier alpha value is -3.59. The first-order valence-corrected chi connectivity index (χ1v) is 12.9. The monoisotopic (exact) mass is 498 g/mol. The van der Waals surface area contributed by atoms with Gasteiger partial charge in [0.1, 0.15) is 11.6 Å². The van der Waals surface area contributed by atoms with Gasteiger partial charge in [0.15, 0.2) is 0 Å². The Morgan fingerprint density at radius 2 is 1.68 bits per heavy atom. The molecule has 0 N–H and O–H groups in total. The summed E-state index contributed by atoms with van der Waals surface area (Å²) in [5.74, 6) is 7.21. The number of hydrogen-bond donors (Lipinski definition) is 0. The Kier molecular flexibility index (Phi) is 7.32. The summed E-state index contributed by atoms with van der Waals surface area (Å²) in [4.78, 5) is 29.2. The van der Waals surface area contributed by atoms with Gasteiger partial charge in [-0.25, -0.2) is 9.97 Å². The molecule has 2 atom stereocenters. The predicted octanol–water partition coefficient (Wildman–Crippen LogP) is 1.76. The highest BCUT2D eigenvalue weighted by Crippen LogP contribution is 2.35. The van der Waals surface area contributed by atoms with Crippen LogP contribution < -0.4 is 9.80 Å². The van der Waals surface area contributed by atoms with Crippen molar-refractivity contribution in [3.8, 4) is 24.7 Å². The van der Waals surface area contributed by atoms with Crippen molar-refractivity contribution in [3.05, 3.63) is 47.3 Å². The fourth-order valence-corrected chi connectivity index (χ4v) is 5.59. The van der Waals surface area contributed by atoms with Crippen LogP contribution in [0.1, 0.15) is 29.5 Å². The quantitative estimate of drug-likeness (QED) is 0.598. The maximum Gasteiger partial charge on any atom is 0.241 e. The van der Waals surface area contributed by atoms with Crippen molar-refractivity contribution >= 4 is 17.5 Å². The maximum atomic E-state index is 11.5. The molecule has 2 bridgehead atoms. The van der Waals surface area contributed by atoms with Gasteiger partial charge >= 0.3 is 0 Å². The Bertz CT molecular complexity index is 1200. The molecule has 6 rings (SSSR count). The SMILES string of the molecule is C#Cc1ccc(N2CCN(C)C(=O)C2)nc1.C#Cc1cnc(N2CC3CCC(C2)N3C2COC2)cc1C. The molecule has 4 saturated heterocycles. The molecule has 0 aromatic carbocycles. The zero-order chi connectivity index (χ0) is 25.9. The molecule has 2 aromatic heterocycles. The van der Waals surface area contributed by atoms with Gasteiger partial charge in [-0.2, -0.15) is 0 Å². The number of carbonyl (C=O) groups excluding carboxylic acids is 1. The normalized spacial score (nSPS) is 23.6. The van der Waals surface area contributed by atoms with E-state index in [1.165, 1.54) is 12.8 Å². The smallest absolute Gasteiger partial charge is 0.241 e. The van der Waals surface area contributed by atoms with Crippen LogP contribution in [-0.2, 0) is 9.53 Å². The summed E-state index contributed by atoms with van der Waals surface area (Å²) in [6, 6.07) is 7.80. The van der Waals surface area contributed by atoms with Crippen molar-refractivity contribution in [1.29, 1.82) is 0 Å². The second kappa shape index (κ2) is 10.8. The summed E-state index contributed by atoms with van der Waals surface area (Å²) in [6.45, 7) is 7.99. The molecule has 8 heteroatoms. The lowest BCUT2D eigenvalue weighted by atomic mass is 10.1. The number of rotatable bonds is 3.